The average molecular weight is 480 g/mol. The van der Waals surface area contributed by atoms with Gasteiger partial charge in [0.25, 0.3) is 5.91 Å². The maximum Gasteiger partial charge on any atom is 0.251 e. The van der Waals surface area contributed by atoms with Crippen molar-refractivity contribution in [2.45, 2.75) is 48.3 Å². The van der Waals surface area contributed by atoms with Gasteiger partial charge < -0.3 is 10.1 Å². The fourth-order valence-electron chi connectivity index (χ4n) is 4.07. The normalized spacial score (nSPS) is 18.7. The minimum atomic E-state index is -3.46. The number of fused-ring (bicyclic) bond motifs is 1. The van der Waals surface area contributed by atoms with Crippen molar-refractivity contribution in [3.8, 4) is 0 Å². The van der Waals surface area contributed by atoms with Crippen LogP contribution in [-0.2, 0) is 19.4 Å². The summed E-state index contributed by atoms with van der Waals surface area (Å²) in [6.07, 6.45) is 7.35. The minimum Gasteiger partial charge on any atom is -0.381 e. The van der Waals surface area contributed by atoms with Crippen LogP contribution >= 0.6 is 11.3 Å². The molecule has 5 rings (SSSR count). The molecule has 32 heavy (non-hydrogen) atoms. The van der Waals surface area contributed by atoms with E-state index in [1.807, 2.05) is 0 Å². The number of amides is 1. The first kappa shape index (κ1) is 21.4. The van der Waals surface area contributed by atoms with Crippen LogP contribution in [0, 0.1) is 11.0 Å². The quantitative estimate of drug-likeness (QED) is 0.554. The molecule has 9 nitrogen and oxygen atoms in total. The van der Waals surface area contributed by atoms with E-state index >= 15 is 0 Å². The molecule has 1 saturated carbocycles. The van der Waals surface area contributed by atoms with Crippen molar-refractivity contribution >= 4 is 43.2 Å². The van der Waals surface area contributed by atoms with Crippen molar-refractivity contribution in [1.82, 2.24) is 19.7 Å². The number of rotatable bonds is 7. The van der Waals surface area contributed by atoms with E-state index in [4.69, 9.17) is 4.74 Å². The van der Waals surface area contributed by atoms with Crippen LogP contribution in [0.25, 0.3) is 11.0 Å². The third kappa shape index (κ3) is 4.14. The summed E-state index contributed by atoms with van der Waals surface area (Å²) >= 11 is 0.742. The van der Waals surface area contributed by atoms with Gasteiger partial charge in [-0.25, -0.2) is 23.1 Å². The zero-order chi connectivity index (χ0) is 22.3. The lowest BCUT2D eigenvalue weighted by molar-refractivity contribution is -0.120. The van der Waals surface area contributed by atoms with Crippen molar-refractivity contribution in [3.63, 3.8) is 0 Å². The number of nitrogens with zero attached hydrogens (tertiary/aromatic N) is 4. The van der Waals surface area contributed by atoms with Gasteiger partial charge in [0.1, 0.15) is 6.04 Å². The highest BCUT2D eigenvalue weighted by Crippen LogP contribution is 2.37. The number of nitrogens with one attached hydrogen (secondary N) is 1. The number of sulfone groups is 1. The van der Waals surface area contributed by atoms with Crippen LogP contribution in [0.3, 0.4) is 0 Å². The van der Waals surface area contributed by atoms with Crippen LogP contribution in [-0.4, -0.2) is 52.5 Å². The molecule has 12 heteroatoms. The number of halogens is 1. The second kappa shape index (κ2) is 8.49. The fourth-order valence-corrected chi connectivity index (χ4v) is 6.44. The maximum absolute atomic E-state index is 13.4. The molecule has 1 saturated heterocycles. The van der Waals surface area contributed by atoms with Crippen molar-refractivity contribution in [2.75, 3.05) is 18.5 Å². The molecule has 1 N–H and O–H groups in total. The largest absolute Gasteiger partial charge is 0.381 e. The van der Waals surface area contributed by atoms with Gasteiger partial charge in [0.15, 0.2) is 25.7 Å². The first-order valence-electron chi connectivity index (χ1n) is 10.5. The van der Waals surface area contributed by atoms with Crippen molar-refractivity contribution < 1.29 is 22.3 Å². The minimum absolute atomic E-state index is 0.158. The topological polar surface area (TPSA) is 116 Å². The molecule has 1 aliphatic heterocycles. The Morgan fingerprint density at radius 3 is 2.72 bits per heavy atom. The second-order valence-corrected chi connectivity index (χ2v) is 11.3. The van der Waals surface area contributed by atoms with Crippen LogP contribution in [0.1, 0.15) is 38.1 Å². The van der Waals surface area contributed by atoms with Gasteiger partial charge in [-0.05, 0) is 44.1 Å². The molecule has 1 amide bonds. The summed E-state index contributed by atoms with van der Waals surface area (Å²) < 4.78 is 46.0. The second-order valence-electron chi connectivity index (χ2n) is 8.15. The average Bonchev–Trinajstić information content (AvgIpc) is 3.46. The summed E-state index contributed by atoms with van der Waals surface area (Å²) in [7, 11) is -3.46. The summed E-state index contributed by atoms with van der Waals surface area (Å²) in [5, 5.41) is 6.76. The summed E-state index contributed by atoms with van der Waals surface area (Å²) in [5.74, 6) is -0.168. The molecule has 0 bridgehead atoms. The summed E-state index contributed by atoms with van der Waals surface area (Å²) in [5.41, 5.74) is 0.337. The van der Waals surface area contributed by atoms with Gasteiger partial charge >= 0.3 is 0 Å². The van der Waals surface area contributed by atoms with Crippen LogP contribution in [0.4, 0.5) is 9.52 Å². The summed E-state index contributed by atoms with van der Waals surface area (Å²) in [6, 6.07) is 0.738. The molecule has 3 aromatic rings. The van der Waals surface area contributed by atoms with E-state index in [1.54, 1.807) is 0 Å². The van der Waals surface area contributed by atoms with Gasteiger partial charge in [-0.3, -0.25) is 4.79 Å². The number of anilines is 1. The number of pyridine rings is 1. The molecule has 0 radical (unpaired) electrons. The van der Waals surface area contributed by atoms with Crippen LogP contribution < -0.4 is 5.32 Å². The Kier molecular flexibility index (Phi) is 5.68. The van der Waals surface area contributed by atoms with Crippen LogP contribution in [0.15, 0.2) is 29.6 Å². The highest BCUT2D eigenvalue weighted by molar-refractivity contribution is 7.92. The van der Waals surface area contributed by atoms with Crippen LogP contribution in [0.5, 0.6) is 0 Å². The van der Waals surface area contributed by atoms with Gasteiger partial charge in [0, 0.05) is 19.4 Å². The fraction of sp³-hybridized carbons (Fsp3) is 0.500. The highest BCUT2D eigenvalue weighted by Gasteiger charge is 2.38. The van der Waals surface area contributed by atoms with Gasteiger partial charge in [-0.15, -0.1) is 0 Å². The van der Waals surface area contributed by atoms with Crippen LogP contribution in [0.2, 0.25) is 0 Å². The zero-order valence-corrected chi connectivity index (χ0v) is 18.7. The van der Waals surface area contributed by atoms with E-state index in [9.17, 15) is 17.6 Å². The Bertz CT molecular complexity index is 1250. The lowest BCUT2D eigenvalue weighted by Gasteiger charge is -2.26. The number of ether oxygens (including phenoxy) is 1. The molecule has 3 aromatic heterocycles. The van der Waals surface area contributed by atoms with Gasteiger partial charge in [-0.2, -0.15) is 9.49 Å². The van der Waals surface area contributed by atoms with Gasteiger partial charge in [-0.1, -0.05) is 11.3 Å². The SMILES string of the molecule is O=C(Nc1ncc(F)s1)[C@H](CC1CCOCC1)n1ncc2c(S(=O)(=O)C3CC3)ccnc21. The van der Waals surface area contributed by atoms with Crippen molar-refractivity contribution in [1.29, 1.82) is 0 Å². The molecular weight excluding hydrogens is 457 g/mol. The van der Waals surface area contributed by atoms with E-state index < -0.39 is 26.9 Å². The predicted molar refractivity (Wildman–Crippen MR) is 116 cm³/mol. The molecule has 0 spiro atoms. The molecule has 1 atom stereocenters. The molecule has 2 fully saturated rings. The monoisotopic (exact) mass is 479 g/mol. The van der Waals surface area contributed by atoms with Crippen molar-refractivity contribution in [2.24, 2.45) is 5.92 Å². The number of hydrogen-bond acceptors (Lipinski definition) is 8. The number of aromatic nitrogens is 4. The highest BCUT2D eigenvalue weighted by atomic mass is 32.2. The molecule has 0 aromatic carbocycles. The van der Waals surface area contributed by atoms with E-state index in [0.717, 1.165) is 30.4 Å². The Labute approximate surface area is 187 Å². The number of carbonyl (C=O) groups is 1. The molecule has 170 valence electrons. The van der Waals surface area contributed by atoms with E-state index in [2.05, 4.69) is 20.4 Å². The molecule has 0 unspecified atom stereocenters. The van der Waals surface area contributed by atoms with E-state index in [-0.39, 0.29) is 21.2 Å². The Hall–Kier alpha value is -2.44. The van der Waals surface area contributed by atoms with E-state index in [0.29, 0.717) is 43.5 Å². The third-order valence-corrected chi connectivity index (χ3v) is 8.95. The molecule has 2 aliphatic rings. The van der Waals surface area contributed by atoms with Gasteiger partial charge in [0.05, 0.1) is 27.9 Å². The Balaban J connectivity index is 1.52. The predicted octanol–water partition coefficient (Wildman–Crippen LogP) is 2.96. The van der Waals surface area contributed by atoms with E-state index in [1.165, 1.54) is 23.1 Å². The van der Waals surface area contributed by atoms with Gasteiger partial charge in [0.2, 0.25) is 0 Å². The number of carbonyl (C=O) groups excluding carboxylic acids is 1. The summed E-state index contributed by atoms with van der Waals surface area (Å²) in [4.78, 5) is 21.7. The molecular formula is C20H22FN5O4S2. The smallest absolute Gasteiger partial charge is 0.251 e. The zero-order valence-electron chi connectivity index (χ0n) is 17.1. The first-order chi connectivity index (χ1) is 15.4. The molecule has 4 heterocycles. The molecule has 1 aliphatic carbocycles. The lowest BCUT2D eigenvalue weighted by Crippen LogP contribution is -2.30. The lowest BCUT2D eigenvalue weighted by atomic mass is 9.92. The number of thiazole rings is 1. The number of hydrogen-bond donors (Lipinski definition) is 1. The summed E-state index contributed by atoms with van der Waals surface area (Å²) in [6.45, 7) is 1.25. The Morgan fingerprint density at radius 2 is 2.03 bits per heavy atom. The standard InChI is InChI=1S/C20H22FN5O4S2/c21-17-11-23-20(31-17)25-19(27)15(9-12-4-7-30-8-5-12)26-18-14(10-24-26)16(3-6-22-18)32(28,29)13-1-2-13/h3,6,10-13,15H,1-2,4-5,7-9H2,(H,23,25,27)/t15-/m0/s1. The maximum atomic E-state index is 13.4. The first-order valence-corrected chi connectivity index (χ1v) is 12.9. The van der Waals surface area contributed by atoms with Crippen molar-refractivity contribution in [3.05, 3.63) is 29.8 Å². The third-order valence-electron chi connectivity index (χ3n) is 5.93. The Morgan fingerprint density at radius 1 is 1.25 bits per heavy atom.